The Labute approximate surface area is 133 Å². The molecule has 106 valence electrons. The van der Waals surface area contributed by atoms with Crippen LogP contribution in [0.3, 0.4) is 0 Å². The monoisotopic (exact) mass is 354 g/mol. The first-order valence-corrected chi connectivity index (χ1v) is 6.81. The maximum atomic E-state index is 12.1. The fourth-order valence-electron chi connectivity index (χ4n) is 1.75. The summed E-state index contributed by atoms with van der Waals surface area (Å²) in [6.07, 6.45) is 3.85. The molecular weight excluding hydrogens is 340 g/mol. The van der Waals surface area contributed by atoms with Crippen molar-refractivity contribution in [2.75, 3.05) is 19.0 Å². The van der Waals surface area contributed by atoms with Gasteiger partial charge in [-0.15, -0.1) is 0 Å². The molecule has 1 heterocycles. The van der Waals surface area contributed by atoms with E-state index in [-0.39, 0.29) is 18.2 Å². The second-order valence-corrected chi connectivity index (χ2v) is 5.47. The van der Waals surface area contributed by atoms with Crippen molar-refractivity contribution in [3.8, 4) is 0 Å². The molecule has 0 fully saturated rings. The molecule has 2 aromatic rings. The van der Waals surface area contributed by atoms with Gasteiger partial charge >= 0.3 is 0 Å². The summed E-state index contributed by atoms with van der Waals surface area (Å²) >= 11 is 3.36. The summed E-state index contributed by atoms with van der Waals surface area (Å²) in [5.41, 5.74) is 1.85. The summed E-state index contributed by atoms with van der Waals surface area (Å²) < 4.78 is 2.87. The zero-order valence-corrected chi connectivity index (χ0v) is 13.7. The summed E-state index contributed by atoms with van der Waals surface area (Å²) in [7, 11) is 3.99. The van der Waals surface area contributed by atoms with Crippen LogP contribution in [0.4, 0.5) is 5.69 Å². The van der Waals surface area contributed by atoms with E-state index in [1.807, 2.05) is 72.4 Å². The Morgan fingerprint density at radius 3 is 2.15 bits per heavy atom. The molecule has 0 saturated heterocycles. The highest BCUT2D eigenvalue weighted by Gasteiger charge is 2.12. The molecule has 2 rings (SSSR count). The lowest BCUT2D eigenvalue weighted by molar-refractivity contribution is -0.683. The third kappa shape index (κ3) is 4.32. The van der Waals surface area contributed by atoms with Gasteiger partial charge in [0.25, 0.3) is 0 Å². The summed E-state index contributed by atoms with van der Waals surface area (Å²) in [6, 6.07) is 11.4. The van der Waals surface area contributed by atoms with Crippen LogP contribution in [-0.2, 0) is 6.54 Å². The Morgan fingerprint density at radius 2 is 1.65 bits per heavy atom. The Bertz CT molecular complexity index is 567. The van der Waals surface area contributed by atoms with Crippen molar-refractivity contribution in [2.45, 2.75) is 6.54 Å². The van der Waals surface area contributed by atoms with E-state index in [9.17, 15) is 4.79 Å². The largest absolute Gasteiger partial charge is 1.00 e. The second-order valence-electron chi connectivity index (χ2n) is 4.55. The first-order chi connectivity index (χ1) is 9.06. The molecule has 0 spiro atoms. The minimum atomic E-state index is 0. The van der Waals surface area contributed by atoms with E-state index < -0.39 is 0 Å². The molecule has 0 aliphatic carbocycles. The van der Waals surface area contributed by atoms with Crippen molar-refractivity contribution in [2.24, 2.45) is 0 Å². The number of hydrogen-bond acceptors (Lipinski definition) is 2. The summed E-state index contributed by atoms with van der Waals surface area (Å²) in [5.74, 6) is 0.107. The molecule has 0 aliphatic rings. The number of pyridine rings is 1. The van der Waals surface area contributed by atoms with Crippen molar-refractivity contribution in [1.82, 2.24) is 0 Å². The Kier molecular flexibility index (Phi) is 6.17. The fourth-order valence-corrected chi connectivity index (χ4v) is 2.01. The number of nitrogens with zero attached hydrogens (tertiary/aromatic N) is 2. The van der Waals surface area contributed by atoms with E-state index in [0.717, 1.165) is 15.7 Å². The Morgan fingerprint density at radius 1 is 1.10 bits per heavy atom. The second kappa shape index (κ2) is 7.41. The van der Waals surface area contributed by atoms with Gasteiger partial charge in [-0.3, -0.25) is 4.79 Å². The van der Waals surface area contributed by atoms with Gasteiger partial charge in [-0.25, -0.2) is 0 Å². The average Bonchev–Trinajstić information content (AvgIpc) is 2.40. The average molecular weight is 356 g/mol. The fraction of sp³-hybridized carbons (Fsp3) is 0.200. The van der Waals surface area contributed by atoms with Gasteiger partial charge < -0.3 is 17.3 Å². The first-order valence-electron chi connectivity index (χ1n) is 6.01. The number of carbonyl (C=O) groups is 1. The van der Waals surface area contributed by atoms with Crippen LogP contribution in [0.15, 0.2) is 53.3 Å². The lowest BCUT2D eigenvalue weighted by Crippen LogP contribution is -3.00. The van der Waals surface area contributed by atoms with Gasteiger partial charge in [0, 0.05) is 42.0 Å². The molecule has 0 atom stereocenters. The summed E-state index contributed by atoms with van der Waals surface area (Å²) in [5, 5.41) is 0. The normalized spacial score (nSPS) is 9.75. The van der Waals surface area contributed by atoms with E-state index in [4.69, 9.17) is 0 Å². The van der Waals surface area contributed by atoms with Crippen molar-refractivity contribution in [3.05, 3.63) is 58.8 Å². The van der Waals surface area contributed by atoms with Crippen LogP contribution in [0.2, 0.25) is 0 Å². The highest BCUT2D eigenvalue weighted by molar-refractivity contribution is 9.10. The Balaban J connectivity index is 0.00000200. The molecule has 0 N–H and O–H groups in total. The maximum Gasteiger partial charge on any atom is 0.227 e. The highest BCUT2D eigenvalue weighted by atomic mass is 79.9. The third-order valence-electron chi connectivity index (χ3n) is 2.88. The van der Waals surface area contributed by atoms with Gasteiger partial charge in [-0.1, -0.05) is 28.1 Å². The van der Waals surface area contributed by atoms with Crippen LogP contribution in [0.5, 0.6) is 0 Å². The molecule has 3 nitrogen and oxygen atoms in total. The molecule has 0 amide bonds. The number of carbonyl (C=O) groups excluding carboxylic acids is 1. The van der Waals surface area contributed by atoms with Crippen molar-refractivity contribution < 1.29 is 21.8 Å². The van der Waals surface area contributed by atoms with Crippen LogP contribution in [0.1, 0.15) is 10.4 Å². The van der Waals surface area contributed by atoms with Crippen LogP contribution in [-0.4, -0.2) is 19.9 Å². The predicted octanol–water partition coefficient (Wildman–Crippen LogP) is -0.310. The van der Waals surface area contributed by atoms with Gasteiger partial charge in [0.2, 0.25) is 12.3 Å². The lowest BCUT2D eigenvalue weighted by Gasteiger charge is -2.10. The van der Waals surface area contributed by atoms with Crippen molar-refractivity contribution in [1.29, 1.82) is 0 Å². The minimum Gasteiger partial charge on any atom is -1.00 e. The molecule has 20 heavy (non-hydrogen) atoms. The molecule has 0 bridgehead atoms. The standard InChI is InChI=1S/C15H16BrN2O.ClH/c1-17(2)14-7-9-18(10-8-14)11-15(19)12-3-5-13(16)6-4-12;/h3-10H,11H2,1-2H3;1H/q+1;/p-1. The van der Waals surface area contributed by atoms with Crippen LogP contribution in [0.25, 0.3) is 0 Å². The Hall–Kier alpha value is -1.39. The third-order valence-corrected chi connectivity index (χ3v) is 3.41. The number of Topliss-reactive ketones (excluding diaryl/α,β-unsaturated/α-hetero) is 1. The number of rotatable bonds is 4. The predicted molar refractivity (Wildman–Crippen MR) is 79.4 cm³/mol. The minimum absolute atomic E-state index is 0. The van der Waals surface area contributed by atoms with Gasteiger partial charge in [-0.2, -0.15) is 4.57 Å². The molecule has 0 saturated carbocycles. The van der Waals surface area contributed by atoms with Crippen molar-refractivity contribution >= 4 is 27.4 Å². The molecular formula is C15H16BrClN2O. The molecule has 0 unspecified atom stereocenters. The summed E-state index contributed by atoms with van der Waals surface area (Å²) in [4.78, 5) is 14.1. The molecule has 0 radical (unpaired) electrons. The lowest BCUT2D eigenvalue weighted by atomic mass is 10.1. The molecule has 1 aromatic heterocycles. The van der Waals surface area contributed by atoms with E-state index in [0.29, 0.717) is 6.54 Å². The molecule has 1 aromatic carbocycles. The number of ketones is 1. The van der Waals surface area contributed by atoms with Crippen LogP contribution >= 0.6 is 15.9 Å². The van der Waals surface area contributed by atoms with Gasteiger partial charge in [0.05, 0.1) is 0 Å². The van der Waals surface area contributed by atoms with E-state index >= 15 is 0 Å². The zero-order valence-electron chi connectivity index (χ0n) is 11.4. The first kappa shape index (κ1) is 16.7. The maximum absolute atomic E-state index is 12.1. The number of halogens is 2. The highest BCUT2D eigenvalue weighted by Crippen LogP contribution is 2.11. The zero-order chi connectivity index (χ0) is 13.8. The van der Waals surface area contributed by atoms with E-state index in [2.05, 4.69) is 15.9 Å². The van der Waals surface area contributed by atoms with E-state index in [1.165, 1.54) is 0 Å². The smallest absolute Gasteiger partial charge is 0.227 e. The topological polar surface area (TPSA) is 24.2 Å². The van der Waals surface area contributed by atoms with Crippen molar-refractivity contribution in [3.63, 3.8) is 0 Å². The SMILES string of the molecule is CN(C)c1cc[n+](CC(=O)c2ccc(Br)cc2)cc1.[Cl-]. The number of hydrogen-bond donors (Lipinski definition) is 0. The number of benzene rings is 1. The summed E-state index contributed by atoms with van der Waals surface area (Å²) in [6.45, 7) is 0.356. The van der Waals surface area contributed by atoms with Crippen LogP contribution < -0.4 is 21.9 Å². The quantitative estimate of drug-likeness (QED) is 0.555. The van der Waals surface area contributed by atoms with Gasteiger partial charge in [0.15, 0.2) is 12.4 Å². The van der Waals surface area contributed by atoms with Gasteiger partial charge in [-0.05, 0) is 12.1 Å². The van der Waals surface area contributed by atoms with Gasteiger partial charge in [0.1, 0.15) is 0 Å². The van der Waals surface area contributed by atoms with E-state index in [1.54, 1.807) is 0 Å². The molecule has 0 aliphatic heterocycles. The number of aromatic nitrogens is 1. The molecule has 5 heteroatoms. The van der Waals surface area contributed by atoms with Crippen LogP contribution in [0, 0.1) is 0 Å². The number of anilines is 1.